The molecule has 0 amide bonds. The van der Waals surface area contributed by atoms with Crippen LogP contribution in [0.2, 0.25) is 0 Å². The summed E-state index contributed by atoms with van der Waals surface area (Å²) in [5, 5.41) is 0. The highest BCUT2D eigenvalue weighted by Gasteiger charge is 2.38. The Balaban J connectivity index is 2.88. The summed E-state index contributed by atoms with van der Waals surface area (Å²) in [5.74, 6) is -2.77. The van der Waals surface area contributed by atoms with E-state index in [0.717, 1.165) is 5.56 Å². The topological polar surface area (TPSA) is 78.9 Å². The van der Waals surface area contributed by atoms with Crippen LogP contribution in [0.4, 0.5) is 0 Å². The minimum Gasteiger partial charge on any atom is -0.465 e. The van der Waals surface area contributed by atoms with Crippen molar-refractivity contribution in [2.75, 3.05) is 19.8 Å². The molecule has 6 nitrogen and oxygen atoms in total. The molecule has 162 valence electrons. The number of rotatable bonds is 11. The number of benzene rings is 1. The molecule has 0 aliphatic rings. The van der Waals surface area contributed by atoms with E-state index in [2.05, 4.69) is 0 Å². The zero-order valence-electron chi connectivity index (χ0n) is 18.2. The van der Waals surface area contributed by atoms with Crippen LogP contribution in [0.1, 0.15) is 65.4 Å². The summed E-state index contributed by atoms with van der Waals surface area (Å²) in [5.41, 5.74) is 0.344. The second-order valence-electron chi connectivity index (χ2n) is 7.88. The Morgan fingerprint density at radius 2 is 1.41 bits per heavy atom. The van der Waals surface area contributed by atoms with Gasteiger partial charge >= 0.3 is 17.9 Å². The summed E-state index contributed by atoms with van der Waals surface area (Å²) in [7, 11) is 0. The SMILES string of the molecule is CCOC(=O)C(C(=O)OCC)C(CCCCOC(=O)C(C)(C)C)c1ccccc1. The fraction of sp³-hybridized carbons (Fsp3) is 0.609. The van der Waals surface area contributed by atoms with Gasteiger partial charge in [-0.25, -0.2) is 0 Å². The first-order valence-corrected chi connectivity index (χ1v) is 10.3. The Labute approximate surface area is 173 Å². The molecule has 0 N–H and O–H groups in total. The summed E-state index contributed by atoms with van der Waals surface area (Å²) in [4.78, 5) is 37.0. The Kier molecular flexibility index (Phi) is 10.4. The van der Waals surface area contributed by atoms with Gasteiger partial charge in [-0.1, -0.05) is 30.3 Å². The zero-order chi connectivity index (χ0) is 21.9. The van der Waals surface area contributed by atoms with Crippen molar-refractivity contribution in [3.63, 3.8) is 0 Å². The monoisotopic (exact) mass is 406 g/mol. The largest absolute Gasteiger partial charge is 0.465 e. The highest BCUT2D eigenvalue weighted by molar-refractivity contribution is 5.96. The van der Waals surface area contributed by atoms with Gasteiger partial charge in [-0.05, 0) is 59.4 Å². The molecular formula is C23H34O6. The Bertz CT molecular complexity index is 629. The van der Waals surface area contributed by atoms with E-state index in [1.807, 2.05) is 51.1 Å². The summed E-state index contributed by atoms with van der Waals surface area (Å²) >= 11 is 0. The van der Waals surface area contributed by atoms with Crippen LogP contribution in [-0.4, -0.2) is 37.7 Å². The standard InChI is InChI=1S/C23H34O6/c1-6-27-20(24)19(21(25)28-7-2)18(17-13-9-8-10-14-17)15-11-12-16-29-22(26)23(3,4)5/h8-10,13-14,18-19H,6-7,11-12,15-16H2,1-5H3. The fourth-order valence-corrected chi connectivity index (χ4v) is 2.96. The molecule has 0 aromatic heterocycles. The number of unbranched alkanes of at least 4 members (excludes halogenated alkanes) is 1. The van der Waals surface area contributed by atoms with Gasteiger partial charge in [0, 0.05) is 5.92 Å². The van der Waals surface area contributed by atoms with Gasteiger partial charge in [0.15, 0.2) is 5.92 Å². The van der Waals surface area contributed by atoms with Crippen molar-refractivity contribution in [1.82, 2.24) is 0 Å². The summed E-state index contributed by atoms with van der Waals surface area (Å²) < 4.78 is 15.6. The Morgan fingerprint density at radius 1 is 0.862 bits per heavy atom. The van der Waals surface area contributed by atoms with Crippen LogP contribution < -0.4 is 0 Å². The number of esters is 3. The predicted molar refractivity (Wildman–Crippen MR) is 110 cm³/mol. The molecule has 29 heavy (non-hydrogen) atoms. The minimum atomic E-state index is -1.02. The Morgan fingerprint density at radius 3 is 1.90 bits per heavy atom. The molecule has 0 bridgehead atoms. The number of carbonyl (C=O) groups excluding carboxylic acids is 3. The van der Waals surface area contributed by atoms with E-state index in [0.29, 0.717) is 25.9 Å². The lowest BCUT2D eigenvalue weighted by Crippen LogP contribution is -2.33. The molecule has 1 atom stereocenters. The third kappa shape index (κ3) is 8.26. The van der Waals surface area contributed by atoms with E-state index in [4.69, 9.17) is 14.2 Å². The molecule has 0 saturated heterocycles. The maximum atomic E-state index is 12.6. The van der Waals surface area contributed by atoms with E-state index in [9.17, 15) is 14.4 Å². The third-order valence-electron chi connectivity index (χ3n) is 4.47. The van der Waals surface area contributed by atoms with Crippen molar-refractivity contribution >= 4 is 17.9 Å². The summed E-state index contributed by atoms with van der Waals surface area (Å²) in [6.07, 6.45) is 1.90. The molecule has 1 aromatic carbocycles. The van der Waals surface area contributed by atoms with Crippen LogP contribution in [0.25, 0.3) is 0 Å². The van der Waals surface area contributed by atoms with E-state index >= 15 is 0 Å². The van der Waals surface area contributed by atoms with Gasteiger partial charge in [0.2, 0.25) is 0 Å². The number of hydrogen-bond acceptors (Lipinski definition) is 6. The molecule has 0 fully saturated rings. The molecule has 0 heterocycles. The molecule has 0 spiro atoms. The average molecular weight is 407 g/mol. The number of carbonyl (C=O) groups is 3. The van der Waals surface area contributed by atoms with Gasteiger partial charge in [-0.3, -0.25) is 14.4 Å². The fourth-order valence-electron chi connectivity index (χ4n) is 2.96. The van der Waals surface area contributed by atoms with Crippen molar-refractivity contribution in [2.24, 2.45) is 11.3 Å². The van der Waals surface area contributed by atoms with Crippen LogP contribution in [0, 0.1) is 11.3 Å². The van der Waals surface area contributed by atoms with Gasteiger partial charge in [-0.2, -0.15) is 0 Å². The maximum Gasteiger partial charge on any atom is 0.320 e. The normalized spacial score (nSPS) is 12.3. The van der Waals surface area contributed by atoms with Gasteiger partial charge in [-0.15, -0.1) is 0 Å². The molecule has 0 saturated carbocycles. The number of ether oxygens (including phenoxy) is 3. The van der Waals surface area contributed by atoms with Crippen molar-refractivity contribution < 1.29 is 28.6 Å². The van der Waals surface area contributed by atoms with Crippen LogP contribution in [0.15, 0.2) is 30.3 Å². The van der Waals surface area contributed by atoms with E-state index in [-0.39, 0.29) is 25.1 Å². The summed E-state index contributed by atoms with van der Waals surface area (Å²) in [6, 6.07) is 9.43. The first-order chi connectivity index (χ1) is 13.7. The van der Waals surface area contributed by atoms with Crippen LogP contribution in [0.5, 0.6) is 0 Å². The first-order valence-electron chi connectivity index (χ1n) is 10.3. The second kappa shape index (κ2) is 12.2. The smallest absolute Gasteiger partial charge is 0.320 e. The lowest BCUT2D eigenvalue weighted by Gasteiger charge is -2.25. The molecule has 0 aliphatic heterocycles. The van der Waals surface area contributed by atoms with Crippen molar-refractivity contribution in [1.29, 1.82) is 0 Å². The highest BCUT2D eigenvalue weighted by Crippen LogP contribution is 2.32. The van der Waals surface area contributed by atoms with Gasteiger partial charge in [0.1, 0.15) is 0 Å². The molecular weight excluding hydrogens is 372 g/mol. The van der Waals surface area contributed by atoms with Crippen LogP contribution >= 0.6 is 0 Å². The van der Waals surface area contributed by atoms with E-state index < -0.39 is 23.3 Å². The van der Waals surface area contributed by atoms with Gasteiger partial charge in [0.25, 0.3) is 0 Å². The van der Waals surface area contributed by atoms with E-state index in [1.54, 1.807) is 13.8 Å². The highest BCUT2D eigenvalue weighted by atomic mass is 16.6. The lowest BCUT2D eigenvalue weighted by atomic mass is 9.82. The molecule has 1 aromatic rings. The summed E-state index contributed by atoms with van der Waals surface area (Å²) in [6.45, 7) is 9.54. The van der Waals surface area contributed by atoms with Crippen molar-refractivity contribution in [3.8, 4) is 0 Å². The van der Waals surface area contributed by atoms with Gasteiger partial charge in [0.05, 0.1) is 25.2 Å². The third-order valence-corrected chi connectivity index (χ3v) is 4.47. The molecule has 1 rings (SSSR count). The first kappa shape index (κ1) is 24.7. The quantitative estimate of drug-likeness (QED) is 0.236. The predicted octanol–water partition coefficient (Wildman–Crippen LogP) is 4.27. The minimum absolute atomic E-state index is 0.193. The molecule has 0 aliphatic carbocycles. The molecule has 1 unspecified atom stereocenters. The maximum absolute atomic E-state index is 12.6. The van der Waals surface area contributed by atoms with Crippen LogP contribution in [-0.2, 0) is 28.6 Å². The molecule has 6 heteroatoms. The molecule has 0 radical (unpaired) electrons. The Hall–Kier alpha value is -2.37. The van der Waals surface area contributed by atoms with Crippen LogP contribution in [0.3, 0.4) is 0 Å². The average Bonchev–Trinajstić information content (AvgIpc) is 2.66. The van der Waals surface area contributed by atoms with E-state index in [1.165, 1.54) is 0 Å². The lowest BCUT2D eigenvalue weighted by molar-refractivity contribution is -0.163. The van der Waals surface area contributed by atoms with Crippen molar-refractivity contribution in [3.05, 3.63) is 35.9 Å². The van der Waals surface area contributed by atoms with Crippen molar-refractivity contribution in [2.45, 2.75) is 59.8 Å². The van der Waals surface area contributed by atoms with Gasteiger partial charge < -0.3 is 14.2 Å². The number of hydrogen-bond donors (Lipinski definition) is 0. The second-order valence-corrected chi connectivity index (χ2v) is 7.88. The zero-order valence-corrected chi connectivity index (χ0v) is 18.2.